The molecule has 0 saturated carbocycles. The van der Waals surface area contributed by atoms with Gasteiger partial charge in [0, 0.05) is 12.0 Å². The first-order valence-corrected chi connectivity index (χ1v) is 5.86. The third-order valence-electron chi connectivity index (χ3n) is 2.43. The van der Waals surface area contributed by atoms with E-state index in [2.05, 4.69) is 12.2 Å². The van der Waals surface area contributed by atoms with Gasteiger partial charge in [0.05, 0.1) is 19.6 Å². The number of carbonyl (C=O) groups excluding carboxylic acids is 2. The number of hydrogen-bond acceptors (Lipinski definition) is 5. The lowest BCUT2D eigenvalue weighted by atomic mass is 9.87. The van der Waals surface area contributed by atoms with Crippen LogP contribution in [-0.2, 0) is 14.3 Å². The molecule has 1 radical (unpaired) electrons. The molecule has 0 bridgehead atoms. The first-order chi connectivity index (χ1) is 8.35. The van der Waals surface area contributed by atoms with E-state index in [0.29, 0.717) is 6.42 Å². The molecule has 3 N–H and O–H groups in total. The second-order valence-electron chi connectivity index (χ2n) is 4.66. The van der Waals surface area contributed by atoms with Crippen LogP contribution in [0.4, 0.5) is 0 Å². The highest BCUT2D eigenvalue weighted by atomic mass is 16.5. The van der Waals surface area contributed by atoms with Crippen molar-refractivity contribution in [1.82, 2.24) is 5.32 Å². The van der Waals surface area contributed by atoms with Crippen LogP contribution in [0.1, 0.15) is 26.7 Å². The molecule has 0 aromatic heterocycles. The average Bonchev–Trinajstić information content (AvgIpc) is 2.35. The second kappa shape index (κ2) is 8.05. The summed E-state index contributed by atoms with van der Waals surface area (Å²) in [5.74, 6) is -1.03. The molecule has 0 rings (SSSR count). The third-order valence-corrected chi connectivity index (χ3v) is 2.43. The van der Waals surface area contributed by atoms with E-state index in [1.54, 1.807) is 13.8 Å². The van der Waals surface area contributed by atoms with Gasteiger partial charge in [-0.15, -0.1) is 0 Å². The van der Waals surface area contributed by atoms with Crippen molar-refractivity contribution in [3.05, 3.63) is 6.92 Å². The molecule has 105 valence electrons. The number of amides is 1. The fraction of sp³-hybridized carbons (Fsp3) is 0.750. The van der Waals surface area contributed by atoms with Crippen LogP contribution in [0.3, 0.4) is 0 Å². The van der Waals surface area contributed by atoms with Gasteiger partial charge in [0.1, 0.15) is 6.10 Å². The zero-order valence-electron chi connectivity index (χ0n) is 10.9. The lowest BCUT2D eigenvalue weighted by Crippen LogP contribution is -2.46. The fourth-order valence-electron chi connectivity index (χ4n) is 1.08. The highest BCUT2D eigenvalue weighted by Gasteiger charge is 2.32. The number of rotatable bonds is 8. The lowest BCUT2D eigenvalue weighted by Gasteiger charge is -2.27. The molecule has 0 spiro atoms. The SMILES string of the molecule is [CH2]CCOC(=O)CCNC(=O)[C@H](O)C(C)(C)CO. The van der Waals surface area contributed by atoms with Gasteiger partial charge in [-0.1, -0.05) is 13.8 Å². The van der Waals surface area contributed by atoms with Crippen molar-refractivity contribution >= 4 is 11.9 Å². The minimum absolute atomic E-state index is 0.0397. The Morgan fingerprint density at radius 3 is 2.56 bits per heavy atom. The maximum absolute atomic E-state index is 11.5. The normalized spacial score (nSPS) is 12.9. The molecule has 0 aromatic rings. The van der Waals surface area contributed by atoms with E-state index in [-0.39, 0.29) is 26.2 Å². The summed E-state index contributed by atoms with van der Waals surface area (Å²) in [6, 6.07) is 0. The summed E-state index contributed by atoms with van der Waals surface area (Å²) in [4.78, 5) is 22.6. The molecule has 0 saturated heterocycles. The predicted molar refractivity (Wildman–Crippen MR) is 65.4 cm³/mol. The number of ether oxygens (including phenoxy) is 1. The van der Waals surface area contributed by atoms with Crippen LogP contribution in [0, 0.1) is 12.3 Å². The van der Waals surface area contributed by atoms with Gasteiger partial charge in [0.2, 0.25) is 5.91 Å². The Hall–Kier alpha value is -1.14. The van der Waals surface area contributed by atoms with Gasteiger partial charge in [0.15, 0.2) is 0 Å². The molecule has 0 aliphatic heterocycles. The molecule has 6 nitrogen and oxygen atoms in total. The molecular weight excluding hydrogens is 238 g/mol. The third kappa shape index (κ3) is 5.97. The van der Waals surface area contributed by atoms with E-state index in [9.17, 15) is 14.7 Å². The summed E-state index contributed by atoms with van der Waals surface area (Å²) in [5, 5.41) is 21.1. The molecule has 0 aliphatic rings. The molecule has 1 atom stereocenters. The van der Waals surface area contributed by atoms with Crippen LogP contribution in [-0.4, -0.2) is 48.0 Å². The van der Waals surface area contributed by atoms with Gasteiger partial charge in [-0.3, -0.25) is 9.59 Å². The molecule has 0 unspecified atom stereocenters. The standard InChI is InChI=1S/C12H22NO5/c1-4-7-18-9(15)5-6-13-11(17)10(16)12(2,3)8-14/h10,14,16H,1,4-8H2,2-3H3,(H,13,17)/t10-/m0/s1. The van der Waals surface area contributed by atoms with Gasteiger partial charge in [-0.25, -0.2) is 0 Å². The van der Waals surface area contributed by atoms with E-state index >= 15 is 0 Å². The summed E-state index contributed by atoms with van der Waals surface area (Å²) in [7, 11) is 0. The molecule has 0 fully saturated rings. The zero-order chi connectivity index (χ0) is 14.2. The van der Waals surface area contributed by atoms with Crippen molar-refractivity contribution in [2.75, 3.05) is 19.8 Å². The Bertz CT molecular complexity index is 278. The molecular formula is C12H22NO5. The quantitative estimate of drug-likeness (QED) is 0.518. The molecule has 6 heteroatoms. The number of nitrogens with one attached hydrogen (secondary N) is 1. The van der Waals surface area contributed by atoms with E-state index in [0.717, 1.165) is 0 Å². The predicted octanol–water partition coefficient (Wildman–Crippen LogP) is -0.361. The molecule has 0 heterocycles. The maximum atomic E-state index is 11.5. The Balaban J connectivity index is 3.94. The van der Waals surface area contributed by atoms with Gasteiger partial charge in [0.25, 0.3) is 0 Å². The minimum atomic E-state index is -1.32. The van der Waals surface area contributed by atoms with Crippen LogP contribution in [0.2, 0.25) is 0 Å². The van der Waals surface area contributed by atoms with Crippen molar-refractivity contribution in [2.24, 2.45) is 5.41 Å². The van der Waals surface area contributed by atoms with Crippen LogP contribution in [0.25, 0.3) is 0 Å². The lowest BCUT2D eigenvalue weighted by molar-refractivity contribution is -0.143. The first-order valence-electron chi connectivity index (χ1n) is 5.86. The van der Waals surface area contributed by atoms with Gasteiger partial charge >= 0.3 is 5.97 Å². The Morgan fingerprint density at radius 1 is 1.44 bits per heavy atom. The van der Waals surface area contributed by atoms with Crippen molar-refractivity contribution in [1.29, 1.82) is 0 Å². The summed E-state index contributed by atoms with van der Waals surface area (Å²) in [6.45, 7) is 6.70. The van der Waals surface area contributed by atoms with E-state index in [1.165, 1.54) is 0 Å². The fourth-order valence-corrected chi connectivity index (χ4v) is 1.08. The largest absolute Gasteiger partial charge is 0.466 e. The summed E-state index contributed by atoms with van der Waals surface area (Å²) in [5.41, 5.74) is -0.918. The van der Waals surface area contributed by atoms with Gasteiger partial charge < -0.3 is 20.3 Å². The summed E-state index contributed by atoms with van der Waals surface area (Å²) in [6.07, 6.45) is -0.780. The van der Waals surface area contributed by atoms with Crippen molar-refractivity contribution < 1.29 is 24.5 Å². The van der Waals surface area contributed by atoms with Gasteiger partial charge in [-0.05, 0) is 13.3 Å². The van der Waals surface area contributed by atoms with Crippen molar-refractivity contribution in [2.45, 2.75) is 32.8 Å². The topological polar surface area (TPSA) is 95.9 Å². The average molecular weight is 260 g/mol. The monoisotopic (exact) mass is 260 g/mol. The highest BCUT2D eigenvalue weighted by molar-refractivity contribution is 5.81. The molecule has 0 aliphatic carbocycles. The van der Waals surface area contributed by atoms with Gasteiger partial charge in [-0.2, -0.15) is 0 Å². The minimum Gasteiger partial charge on any atom is -0.466 e. The van der Waals surface area contributed by atoms with Crippen LogP contribution < -0.4 is 5.32 Å². The molecule has 0 aromatic carbocycles. The molecule has 1 amide bonds. The number of esters is 1. The van der Waals surface area contributed by atoms with Crippen LogP contribution in [0.15, 0.2) is 0 Å². The maximum Gasteiger partial charge on any atom is 0.307 e. The van der Waals surface area contributed by atoms with E-state index in [1.807, 2.05) is 0 Å². The van der Waals surface area contributed by atoms with Crippen LogP contribution >= 0.6 is 0 Å². The van der Waals surface area contributed by atoms with Crippen molar-refractivity contribution in [3.8, 4) is 0 Å². The number of hydrogen-bond donors (Lipinski definition) is 3. The first kappa shape index (κ1) is 16.9. The Labute approximate surface area is 107 Å². The summed E-state index contributed by atoms with van der Waals surface area (Å²) >= 11 is 0. The molecule has 18 heavy (non-hydrogen) atoms. The highest BCUT2D eigenvalue weighted by Crippen LogP contribution is 2.19. The van der Waals surface area contributed by atoms with E-state index < -0.39 is 23.4 Å². The summed E-state index contributed by atoms with van der Waals surface area (Å²) < 4.78 is 4.77. The zero-order valence-corrected chi connectivity index (χ0v) is 10.9. The number of carbonyl (C=O) groups is 2. The number of aliphatic hydroxyl groups excluding tert-OH is 2. The van der Waals surface area contributed by atoms with E-state index in [4.69, 9.17) is 9.84 Å². The van der Waals surface area contributed by atoms with Crippen molar-refractivity contribution in [3.63, 3.8) is 0 Å². The Kier molecular flexibility index (Phi) is 7.54. The number of aliphatic hydroxyl groups is 2. The Morgan fingerprint density at radius 2 is 2.06 bits per heavy atom. The van der Waals surface area contributed by atoms with Crippen LogP contribution in [0.5, 0.6) is 0 Å². The smallest absolute Gasteiger partial charge is 0.307 e. The second-order valence-corrected chi connectivity index (χ2v) is 4.66.